The van der Waals surface area contributed by atoms with E-state index >= 15 is 0 Å². The molecule has 1 heterocycles. The number of hydrogen-bond acceptors (Lipinski definition) is 3. The van der Waals surface area contributed by atoms with Crippen LogP contribution in [0.3, 0.4) is 0 Å². The highest BCUT2D eigenvalue weighted by Crippen LogP contribution is 2.23. The van der Waals surface area contributed by atoms with Gasteiger partial charge >= 0.3 is 0 Å². The van der Waals surface area contributed by atoms with E-state index in [4.69, 9.17) is 11.6 Å². The number of nitrogens with zero attached hydrogens (tertiary/aromatic N) is 2. The Morgan fingerprint density at radius 3 is 2.88 bits per heavy atom. The Labute approximate surface area is 98.5 Å². The molecule has 4 nitrogen and oxygen atoms in total. The summed E-state index contributed by atoms with van der Waals surface area (Å²) >= 11 is 5.80. The smallest absolute Gasteiger partial charge is 0.148 e. The normalized spacial score (nSPS) is 10.4. The van der Waals surface area contributed by atoms with Crippen LogP contribution in [0.15, 0.2) is 30.5 Å². The first kappa shape index (κ1) is 10.8. The average Bonchev–Trinajstić information content (AvgIpc) is 2.66. The van der Waals surface area contributed by atoms with E-state index in [0.717, 1.165) is 11.4 Å². The van der Waals surface area contributed by atoms with Crippen LogP contribution < -0.4 is 5.32 Å². The minimum absolute atomic E-state index is 0.100. The molecule has 0 saturated heterocycles. The number of halogens is 1. The maximum atomic E-state index is 9.26. The lowest BCUT2D eigenvalue weighted by Gasteiger charge is -2.04. The number of rotatable bonds is 3. The van der Waals surface area contributed by atoms with Crippen molar-refractivity contribution >= 4 is 17.4 Å². The molecule has 0 amide bonds. The number of aryl methyl sites for hydroxylation is 1. The third-order valence-corrected chi connectivity index (χ3v) is 2.50. The van der Waals surface area contributed by atoms with Crippen molar-refractivity contribution in [2.75, 3.05) is 5.32 Å². The van der Waals surface area contributed by atoms with Crippen LogP contribution >= 0.6 is 11.6 Å². The molecule has 2 rings (SSSR count). The summed E-state index contributed by atoms with van der Waals surface area (Å²) in [6.07, 6.45) is 1.87. The Morgan fingerprint density at radius 1 is 1.44 bits per heavy atom. The van der Waals surface area contributed by atoms with Gasteiger partial charge in [-0.2, -0.15) is 5.10 Å². The first-order valence-corrected chi connectivity index (χ1v) is 5.24. The van der Waals surface area contributed by atoms with Crippen LogP contribution in [0.5, 0.6) is 5.75 Å². The lowest BCUT2D eigenvalue weighted by Crippen LogP contribution is -2.00. The summed E-state index contributed by atoms with van der Waals surface area (Å²) in [5.41, 5.74) is 0.994. The van der Waals surface area contributed by atoms with E-state index in [2.05, 4.69) is 10.4 Å². The van der Waals surface area contributed by atoms with Gasteiger partial charge in [0.2, 0.25) is 0 Å². The van der Waals surface area contributed by atoms with Crippen molar-refractivity contribution in [2.24, 2.45) is 7.05 Å². The van der Waals surface area contributed by atoms with E-state index in [1.807, 2.05) is 25.4 Å². The van der Waals surface area contributed by atoms with E-state index in [1.165, 1.54) is 0 Å². The fraction of sp³-hybridized carbons (Fsp3) is 0.182. The highest BCUT2D eigenvalue weighted by atomic mass is 35.5. The molecular weight excluding hydrogens is 226 g/mol. The second-order valence-electron chi connectivity index (χ2n) is 3.51. The monoisotopic (exact) mass is 237 g/mol. The van der Waals surface area contributed by atoms with Gasteiger partial charge in [-0.25, -0.2) is 0 Å². The molecule has 0 fully saturated rings. The first-order valence-electron chi connectivity index (χ1n) is 4.86. The number of phenolic OH excluding ortho intramolecular Hbond substituents is 1. The van der Waals surface area contributed by atoms with E-state index in [0.29, 0.717) is 11.6 Å². The van der Waals surface area contributed by atoms with Gasteiger partial charge in [-0.05, 0) is 17.7 Å². The highest BCUT2D eigenvalue weighted by Gasteiger charge is 2.01. The molecule has 84 valence electrons. The molecule has 16 heavy (non-hydrogen) atoms. The van der Waals surface area contributed by atoms with Gasteiger partial charge in [0.25, 0.3) is 0 Å². The van der Waals surface area contributed by atoms with Crippen molar-refractivity contribution in [1.82, 2.24) is 9.78 Å². The van der Waals surface area contributed by atoms with Crippen LogP contribution in [0.25, 0.3) is 0 Å². The Morgan fingerprint density at radius 2 is 2.25 bits per heavy atom. The van der Waals surface area contributed by atoms with Gasteiger partial charge in [0, 0.05) is 25.9 Å². The third-order valence-electron chi connectivity index (χ3n) is 2.20. The highest BCUT2D eigenvalue weighted by molar-refractivity contribution is 6.32. The van der Waals surface area contributed by atoms with Crippen LogP contribution in [0.1, 0.15) is 5.56 Å². The number of nitrogens with one attached hydrogen (secondary N) is 1. The molecule has 0 unspecified atom stereocenters. The molecule has 0 spiro atoms. The number of aromatic nitrogens is 2. The Kier molecular flexibility index (Phi) is 3.01. The van der Waals surface area contributed by atoms with Gasteiger partial charge in [-0.15, -0.1) is 0 Å². The number of benzene rings is 1. The molecule has 5 heteroatoms. The van der Waals surface area contributed by atoms with Crippen molar-refractivity contribution < 1.29 is 5.11 Å². The maximum Gasteiger partial charge on any atom is 0.148 e. The molecule has 0 bridgehead atoms. The molecule has 0 aliphatic rings. The van der Waals surface area contributed by atoms with Gasteiger partial charge in [0.05, 0.1) is 5.02 Å². The number of hydrogen-bond donors (Lipinski definition) is 2. The molecule has 1 aromatic carbocycles. The zero-order chi connectivity index (χ0) is 11.5. The van der Waals surface area contributed by atoms with E-state index in [-0.39, 0.29) is 5.75 Å². The molecule has 0 radical (unpaired) electrons. The summed E-state index contributed by atoms with van der Waals surface area (Å²) in [6, 6.07) is 7.02. The second kappa shape index (κ2) is 4.45. The predicted molar refractivity (Wildman–Crippen MR) is 63.7 cm³/mol. The average molecular weight is 238 g/mol. The molecule has 0 aliphatic carbocycles. The first-order chi connectivity index (χ1) is 7.65. The van der Waals surface area contributed by atoms with Gasteiger partial charge in [0.15, 0.2) is 0 Å². The summed E-state index contributed by atoms with van der Waals surface area (Å²) in [5, 5.41) is 17.0. The van der Waals surface area contributed by atoms with Gasteiger partial charge in [0.1, 0.15) is 11.6 Å². The Bertz CT molecular complexity index is 496. The summed E-state index contributed by atoms with van der Waals surface area (Å²) in [5.74, 6) is 0.912. The molecule has 2 N–H and O–H groups in total. The van der Waals surface area contributed by atoms with E-state index in [1.54, 1.807) is 16.8 Å². The topological polar surface area (TPSA) is 50.1 Å². The number of phenols is 1. The van der Waals surface area contributed by atoms with Gasteiger partial charge < -0.3 is 10.4 Å². The SMILES string of the molecule is Cn1ccc(NCc2ccc(O)c(Cl)c2)n1. The summed E-state index contributed by atoms with van der Waals surface area (Å²) < 4.78 is 1.73. The van der Waals surface area contributed by atoms with Crippen LogP contribution in [-0.2, 0) is 13.6 Å². The molecule has 0 atom stereocenters. The van der Waals surface area contributed by atoms with Crippen molar-refractivity contribution in [2.45, 2.75) is 6.54 Å². The Hall–Kier alpha value is -1.68. The van der Waals surface area contributed by atoms with Crippen LogP contribution in [0.2, 0.25) is 5.02 Å². The molecule has 0 saturated carbocycles. The quantitative estimate of drug-likeness (QED) is 0.862. The summed E-state index contributed by atoms with van der Waals surface area (Å²) in [4.78, 5) is 0. The van der Waals surface area contributed by atoms with Crippen LogP contribution in [0.4, 0.5) is 5.82 Å². The summed E-state index contributed by atoms with van der Waals surface area (Å²) in [7, 11) is 1.86. The fourth-order valence-electron chi connectivity index (χ4n) is 1.36. The van der Waals surface area contributed by atoms with Crippen molar-refractivity contribution in [3.63, 3.8) is 0 Å². The molecule has 2 aromatic rings. The lowest BCUT2D eigenvalue weighted by atomic mass is 10.2. The minimum Gasteiger partial charge on any atom is -0.506 e. The second-order valence-corrected chi connectivity index (χ2v) is 3.92. The maximum absolute atomic E-state index is 9.26. The lowest BCUT2D eigenvalue weighted by molar-refractivity contribution is 0.475. The minimum atomic E-state index is 0.100. The predicted octanol–water partition coefficient (Wildman–Crippen LogP) is 2.39. The summed E-state index contributed by atoms with van der Waals surface area (Å²) in [6.45, 7) is 0.622. The van der Waals surface area contributed by atoms with E-state index in [9.17, 15) is 5.11 Å². The standard InChI is InChI=1S/C11H12ClN3O/c1-15-5-4-11(14-15)13-7-8-2-3-10(16)9(12)6-8/h2-6,16H,7H2,1H3,(H,13,14). The zero-order valence-corrected chi connectivity index (χ0v) is 9.57. The van der Waals surface area contributed by atoms with Crippen molar-refractivity contribution in [3.05, 3.63) is 41.0 Å². The zero-order valence-electron chi connectivity index (χ0n) is 8.81. The Balaban J connectivity index is 2.02. The van der Waals surface area contributed by atoms with Crippen molar-refractivity contribution in [3.8, 4) is 5.75 Å². The van der Waals surface area contributed by atoms with Crippen LogP contribution in [-0.4, -0.2) is 14.9 Å². The molecular formula is C11H12ClN3O. The van der Waals surface area contributed by atoms with Crippen molar-refractivity contribution in [1.29, 1.82) is 0 Å². The van der Waals surface area contributed by atoms with E-state index < -0.39 is 0 Å². The molecule has 1 aromatic heterocycles. The largest absolute Gasteiger partial charge is 0.506 e. The van der Waals surface area contributed by atoms with Gasteiger partial charge in [-0.1, -0.05) is 17.7 Å². The third kappa shape index (κ3) is 2.46. The van der Waals surface area contributed by atoms with Gasteiger partial charge in [-0.3, -0.25) is 4.68 Å². The fourth-order valence-corrected chi connectivity index (χ4v) is 1.57. The number of aromatic hydroxyl groups is 1. The van der Waals surface area contributed by atoms with Crippen LogP contribution in [0, 0.1) is 0 Å². The number of anilines is 1. The molecule has 0 aliphatic heterocycles.